The van der Waals surface area contributed by atoms with E-state index >= 15 is 0 Å². The summed E-state index contributed by atoms with van der Waals surface area (Å²) in [4.78, 5) is 3.58. The van der Waals surface area contributed by atoms with Crippen LogP contribution in [0.25, 0.3) is 11.4 Å². The molecule has 0 aliphatic heterocycles. The number of rotatable bonds is 1. The first-order valence-corrected chi connectivity index (χ1v) is 4.02. The Morgan fingerprint density at radius 2 is 1.87 bits per heavy atom. The van der Waals surface area contributed by atoms with Gasteiger partial charge in [-0.3, -0.25) is 0 Å². The van der Waals surface area contributed by atoms with Crippen LogP contribution in [0, 0.1) is 0 Å². The zero-order valence-electron chi connectivity index (χ0n) is 7.32. The van der Waals surface area contributed by atoms with E-state index in [1.165, 1.54) is 18.2 Å². The monoisotopic (exact) mass is 214 g/mol. The van der Waals surface area contributed by atoms with Crippen molar-refractivity contribution in [2.75, 3.05) is 0 Å². The standard InChI is InChI=1S/C9H5F3N2O/c10-9(11,12)7-4-2-1-3-6(7)8-13-5-15-14-8/h1-5H. The molecule has 2 rings (SSSR count). The average Bonchev–Trinajstić information content (AvgIpc) is 2.69. The smallest absolute Gasteiger partial charge is 0.342 e. The van der Waals surface area contributed by atoms with E-state index in [1.807, 2.05) is 0 Å². The van der Waals surface area contributed by atoms with Crippen molar-refractivity contribution in [2.24, 2.45) is 0 Å². The van der Waals surface area contributed by atoms with Crippen LogP contribution in [-0.2, 0) is 6.18 Å². The lowest BCUT2D eigenvalue weighted by Crippen LogP contribution is -2.07. The minimum Gasteiger partial charge on any atom is -0.342 e. The van der Waals surface area contributed by atoms with Gasteiger partial charge in [0.15, 0.2) is 0 Å². The van der Waals surface area contributed by atoms with Crippen molar-refractivity contribution >= 4 is 0 Å². The van der Waals surface area contributed by atoms with Crippen LogP contribution in [0.1, 0.15) is 5.56 Å². The van der Waals surface area contributed by atoms with Gasteiger partial charge in [0.2, 0.25) is 12.2 Å². The predicted octanol–water partition coefficient (Wildman–Crippen LogP) is 2.76. The highest BCUT2D eigenvalue weighted by Gasteiger charge is 2.34. The molecule has 78 valence electrons. The summed E-state index contributed by atoms with van der Waals surface area (Å²) >= 11 is 0. The average molecular weight is 214 g/mol. The highest BCUT2D eigenvalue weighted by atomic mass is 19.4. The first kappa shape index (κ1) is 9.70. The SMILES string of the molecule is FC(F)(F)c1ccccc1-c1ncon1. The number of nitrogens with zero attached hydrogens (tertiary/aromatic N) is 2. The second kappa shape index (κ2) is 3.38. The maximum atomic E-state index is 12.6. The van der Waals surface area contributed by atoms with Crippen molar-refractivity contribution in [3.63, 3.8) is 0 Å². The molecule has 0 fully saturated rings. The normalized spacial score (nSPS) is 11.7. The molecular weight excluding hydrogens is 209 g/mol. The van der Waals surface area contributed by atoms with Crippen LogP contribution in [0.2, 0.25) is 0 Å². The van der Waals surface area contributed by atoms with E-state index in [2.05, 4.69) is 14.7 Å². The second-order valence-electron chi connectivity index (χ2n) is 2.80. The van der Waals surface area contributed by atoms with Crippen molar-refractivity contribution < 1.29 is 17.7 Å². The molecule has 0 spiro atoms. The van der Waals surface area contributed by atoms with Gasteiger partial charge < -0.3 is 4.52 Å². The number of alkyl halides is 3. The zero-order chi connectivity index (χ0) is 10.9. The molecular formula is C9H5F3N2O. The number of hydrogen-bond acceptors (Lipinski definition) is 3. The van der Waals surface area contributed by atoms with E-state index in [0.717, 1.165) is 12.5 Å². The Labute approximate surface area is 82.5 Å². The molecule has 0 radical (unpaired) electrons. The van der Waals surface area contributed by atoms with E-state index < -0.39 is 11.7 Å². The quantitative estimate of drug-likeness (QED) is 0.732. The van der Waals surface area contributed by atoms with Crippen LogP contribution in [0.15, 0.2) is 35.2 Å². The molecule has 1 aromatic carbocycles. The summed E-state index contributed by atoms with van der Waals surface area (Å²) in [7, 11) is 0. The van der Waals surface area contributed by atoms with Crippen molar-refractivity contribution in [3.8, 4) is 11.4 Å². The molecule has 1 heterocycles. The van der Waals surface area contributed by atoms with Gasteiger partial charge in [-0.2, -0.15) is 18.2 Å². The van der Waals surface area contributed by atoms with Crippen LogP contribution in [0.5, 0.6) is 0 Å². The molecule has 0 N–H and O–H groups in total. The van der Waals surface area contributed by atoms with Crippen LogP contribution < -0.4 is 0 Å². The summed E-state index contributed by atoms with van der Waals surface area (Å²) < 4.78 is 42.1. The number of hydrogen-bond donors (Lipinski definition) is 0. The molecule has 0 unspecified atom stereocenters. The minimum absolute atomic E-state index is 0.0667. The Hall–Kier alpha value is -1.85. The van der Waals surface area contributed by atoms with Gasteiger partial charge in [0.1, 0.15) is 0 Å². The lowest BCUT2D eigenvalue weighted by atomic mass is 10.1. The maximum Gasteiger partial charge on any atom is 0.417 e. The molecule has 6 heteroatoms. The fourth-order valence-corrected chi connectivity index (χ4v) is 1.21. The van der Waals surface area contributed by atoms with Crippen LogP contribution >= 0.6 is 0 Å². The highest BCUT2D eigenvalue weighted by molar-refractivity contribution is 5.60. The van der Waals surface area contributed by atoms with Crippen molar-refractivity contribution in [2.45, 2.75) is 6.18 Å². The summed E-state index contributed by atoms with van der Waals surface area (Å²) in [6.07, 6.45) is -3.43. The Kier molecular flexibility index (Phi) is 2.18. The Morgan fingerprint density at radius 3 is 2.47 bits per heavy atom. The lowest BCUT2D eigenvalue weighted by Gasteiger charge is -2.09. The fraction of sp³-hybridized carbons (Fsp3) is 0.111. The van der Waals surface area contributed by atoms with Gasteiger partial charge in [0.05, 0.1) is 5.56 Å². The molecule has 0 saturated carbocycles. The van der Waals surface area contributed by atoms with Gasteiger partial charge in [0.25, 0.3) is 0 Å². The molecule has 3 nitrogen and oxygen atoms in total. The number of halogens is 3. The van der Waals surface area contributed by atoms with Gasteiger partial charge in [-0.05, 0) is 6.07 Å². The van der Waals surface area contributed by atoms with E-state index in [-0.39, 0.29) is 11.4 Å². The Bertz CT molecular complexity index is 451. The molecule has 0 atom stereocenters. The molecule has 1 aromatic heterocycles. The highest BCUT2D eigenvalue weighted by Crippen LogP contribution is 2.35. The summed E-state index contributed by atoms with van der Waals surface area (Å²) in [5.74, 6) is -0.0667. The first-order valence-electron chi connectivity index (χ1n) is 4.02. The fourth-order valence-electron chi connectivity index (χ4n) is 1.21. The Balaban J connectivity index is 2.58. The van der Waals surface area contributed by atoms with Crippen molar-refractivity contribution in [3.05, 3.63) is 36.2 Å². The summed E-state index contributed by atoms with van der Waals surface area (Å²) in [6.45, 7) is 0. The summed E-state index contributed by atoms with van der Waals surface area (Å²) in [6, 6.07) is 5.08. The van der Waals surface area contributed by atoms with Crippen LogP contribution in [0.3, 0.4) is 0 Å². The van der Waals surface area contributed by atoms with Gasteiger partial charge in [-0.25, -0.2) is 0 Å². The van der Waals surface area contributed by atoms with Gasteiger partial charge >= 0.3 is 6.18 Å². The largest absolute Gasteiger partial charge is 0.417 e. The molecule has 0 aliphatic rings. The third kappa shape index (κ3) is 1.83. The predicted molar refractivity (Wildman–Crippen MR) is 44.7 cm³/mol. The van der Waals surface area contributed by atoms with Crippen molar-refractivity contribution in [1.29, 1.82) is 0 Å². The summed E-state index contributed by atoms with van der Waals surface area (Å²) in [5.41, 5.74) is -0.856. The van der Waals surface area contributed by atoms with E-state index in [1.54, 1.807) is 0 Å². The molecule has 15 heavy (non-hydrogen) atoms. The zero-order valence-corrected chi connectivity index (χ0v) is 7.32. The van der Waals surface area contributed by atoms with Gasteiger partial charge in [-0.1, -0.05) is 23.4 Å². The summed E-state index contributed by atoms with van der Waals surface area (Å²) in [5, 5.41) is 3.37. The maximum absolute atomic E-state index is 12.6. The third-order valence-electron chi connectivity index (χ3n) is 1.83. The molecule has 0 amide bonds. The topological polar surface area (TPSA) is 38.9 Å². The second-order valence-corrected chi connectivity index (χ2v) is 2.80. The van der Waals surface area contributed by atoms with Crippen LogP contribution in [-0.4, -0.2) is 10.1 Å². The van der Waals surface area contributed by atoms with Gasteiger partial charge in [-0.15, -0.1) is 0 Å². The van der Waals surface area contributed by atoms with Crippen LogP contribution in [0.4, 0.5) is 13.2 Å². The third-order valence-corrected chi connectivity index (χ3v) is 1.83. The van der Waals surface area contributed by atoms with E-state index in [0.29, 0.717) is 0 Å². The Morgan fingerprint density at radius 1 is 1.13 bits per heavy atom. The number of aromatic nitrogens is 2. The molecule has 0 bridgehead atoms. The lowest BCUT2D eigenvalue weighted by molar-refractivity contribution is -0.137. The van der Waals surface area contributed by atoms with E-state index in [4.69, 9.17) is 0 Å². The first-order chi connectivity index (χ1) is 7.09. The minimum atomic E-state index is -4.42. The molecule has 0 saturated heterocycles. The van der Waals surface area contributed by atoms with Gasteiger partial charge in [0, 0.05) is 5.56 Å². The molecule has 0 aliphatic carbocycles. The molecule has 2 aromatic rings. The van der Waals surface area contributed by atoms with Crippen molar-refractivity contribution in [1.82, 2.24) is 10.1 Å². The van der Waals surface area contributed by atoms with E-state index in [9.17, 15) is 13.2 Å². The number of benzene rings is 1.